The van der Waals surface area contributed by atoms with Crippen molar-refractivity contribution >= 4 is 29.3 Å². The zero-order chi connectivity index (χ0) is 18.3. The Bertz CT molecular complexity index is 904. The average molecular weight is 377 g/mol. The van der Waals surface area contributed by atoms with Gasteiger partial charge in [0.25, 0.3) is 5.56 Å². The van der Waals surface area contributed by atoms with Crippen molar-refractivity contribution in [3.63, 3.8) is 0 Å². The molecule has 2 aliphatic rings. The van der Waals surface area contributed by atoms with Crippen LogP contribution in [0.1, 0.15) is 42.7 Å². The number of anilines is 2. The number of benzene rings is 1. The molecule has 1 amide bonds. The van der Waals surface area contributed by atoms with Crippen LogP contribution in [0.4, 0.5) is 16.2 Å². The summed E-state index contributed by atoms with van der Waals surface area (Å²) >= 11 is 6.17. The molecule has 26 heavy (non-hydrogen) atoms. The summed E-state index contributed by atoms with van der Waals surface area (Å²) < 4.78 is 14.4. The summed E-state index contributed by atoms with van der Waals surface area (Å²) in [6.07, 6.45) is 3.15. The lowest BCUT2D eigenvalue weighted by Gasteiger charge is -2.30. The number of aromatic nitrogens is 2. The molecule has 1 fully saturated rings. The molecule has 2 N–H and O–H groups in total. The van der Waals surface area contributed by atoms with Gasteiger partial charge < -0.3 is 10.2 Å². The summed E-state index contributed by atoms with van der Waals surface area (Å²) in [5.41, 5.74) is 0.0283. The molecule has 1 aromatic heterocycles. The number of amides is 1. The summed E-state index contributed by atoms with van der Waals surface area (Å²) in [5.74, 6) is -0.991. The lowest BCUT2D eigenvalue weighted by Crippen LogP contribution is -2.36. The van der Waals surface area contributed by atoms with Crippen LogP contribution in [0, 0.1) is 5.82 Å². The summed E-state index contributed by atoms with van der Waals surface area (Å²) in [6.45, 7) is 1.61. The van der Waals surface area contributed by atoms with Crippen LogP contribution in [0.15, 0.2) is 23.0 Å². The second-order valence-electron chi connectivity index (χ2n) is 6.64. The molecule has 4 rings (SSSR count). The van der Waals surface area contributed by atoms with Crippen LogP contribution in [0.25, 0.3) is 0 Å². The molecule has 2 aromatic rings. The van der Waals surface area contributed by atoms with Crippen LogP contribution in [0.5, 0.6) is 0 Å². The number of rotatable bonds is 2. The summed E-state index contributed by atoms with van der Waals surface area (Å²) in [7, 11) is 0. The molecule has 1 aromatic carbocycles. The maximum absolute atomic E-state index is 14.4. The van der Waals surface area contributed by atoms with E-state index in [0.717, 1.165) is 32.4 Å². The van der Waals surface area contributed by atoms with Gasteiger partial charge >= 0.3 is 0 Å². The van der Waals surface area contributed by atoms with Gasteiger partial charge in [0.05, 0.1) is 5.56 Å². The Labute approximate surface area is 154 Å². The first-order valence-electron chi connectivity index (χ1n) is 8.67. The van der Waals surface area contributed by atoms with Crippen LogP contribution in [0.2, 0.25) is 5.02 Å². The number of carbonyl (C=O) groups excluding carboxylic acids is 1. The quantitative estimate of drug-likeness (QED) is 0.844. The van der Waals surface area contributed by atoms with Crippen molar-refractivity contribution in [2.75, 3.05) is 23.3 Å². The van der Waals surface area contributed by atoms with E-state index in [0.29, 0.717) is 5.95 Å². The van der Waals surface area contributed by atoms with E-state index in [4.69, 9.17) is 11.6 Å². The van der Waals surface area contributed by atoms with E-state index in [1.54, 1.807) is 6.07 Å². The smallest absolute Gasteiger partial charge is 0.258 e. The van der Waals surface area contributed by atoms with Gasteiger partial charge in [0.2, 0.25) is 11.9 Å². The molecule has 1 atom stereocenters. The average Bonchev–Trinajstić information content (AvgIpc) is 2.61. The zero-order valence-corrected chi connectivity index (χ0v) is 14.8. The third kappa shape index (κ3) is 2.96. The number of hydrogen-bond acceptors (Lipinski definition) is 4. The minimum absolute atomic E-state index is 0.0541. The van der Waals surface area contributed by atoms with Gasteiger partial charge in [0.1, 0.15) is 11.6 Å². The Kier molecular flexibility index (Phi) is 4.40. The van der Waals surface area contributed by atoms with Gasteiger partial charge in [-0.25, -0.2) is 4.39 Å². The summed E-state index contributed by atoms with van der Waals surface area (Å²) in [6, 6.07) is 4.32. The predicted octanol–water partition coefficient (Wildman–Crippen LogP) is 3.03. The molecule has 0 radical (unpaired) electrons. The first-order chi connectivity index (χ1) is 12.5. The fourth-order valence-electron chi connectivity index (χ4n) is 3.71. The number of carbonyl (C=O) groups is 1. The molecule has 0 unspecified atom stereocenters. The zero-order valence-electron chi connectivity index (χ0n) is 14.0. The third-order valence-corrected chi connectivity index (χ3v) is 5.27. The van der Waals surface area contributed by atoms with Crippen LogP contribution in [-0.2, 0) is 4.79 Å². The predicted molar refractivity (Wildman–Crippen MR) is 97.4 cm³/mol. The van der Waals surface area contributed by atoms with Gasteiger partial charge in [-0.05, 0) is 31.4 Å². The van der Waals surface area contributed by atoms with Crippen molar-refractivity contribution in [1.82, 2.24) is 9.97 Å². The summed E-state index contributed by atoms with van der Waals surface area (Å²) in [5, 5.41) is 2.85. The number of nitrogens with zero attached hydrogens (tertiary/aromatic N) is 2. The third-order valence-electron chi connectivity index (χ3n) is 4.94. The van der Waals surface area contributed by atoms with Crippen molar-refractivity contribution in [3.8, 4) is 0 Å². The van der Waals surface area contributed by atoms with Crippen LogP contribution in [-0.4, -0.2) is 29.0 Å². The van der Waals surface area contributed by atoms with Gasteiger partial charge in [-0.2, -0.15) is 4.98 Å². The molecular weight excluding hydrogens is 359 g/mol. The molecule has 2 aliphatic heterocycles. The Morgan fingerprint density at radius 2 is 1.92 bits per heavy atom. The molecule has 0 spiro atoms. The van der Waals surface area contributed by atoms with Crippen molar-refractivity contribution in [3.05, 3.63) is 50.5 Å². The van der Waals surface area contributed by atoms with Crippen molar-refractivity contribution in [2.24, 2.45) is 0 Å². The van der Waals surface area contributed by atoms with E-state index in [2.05, 4.69) is 15.3 Å². The topological polar surface area (TPSA) is 78.1 Å². The van der Waals surface area contributed by atoms with Crippen LogP contribution in [0.3, 0.4) is 0 Å². The van der Waals surface area contributed by atoms with Gasteiger partial charge in [-0.3, -0.25) is 14.6 Å². The molecular formula is C18H18ClFN4O2. The second-order valence-corrected chi connectivity index (χ2v) is 7.05. The maximum Gasteiger partial charge on any atom is 0.258 e. The van der Waals surface area contributed by atoms with E-state index in [1.165, 1.54) is 12.1 Å². The highest BCUT2D eigenvalue weighted by Crippen LogP contribution is 2.38. The van der Waals surface area contributed by atoms with Gasteiger partial charge in [0.15, 0.2) is 0 Å². The van der Waals surface area contributed by atoms with Crippen LogP contribution >= 0.6 is 11.6 Å². The van der Waals surface area contributed by atoms with Gasteiger partial charge in [-0.15, -0.1) is 0 Å². The maximum atomic E-state index is 14.4. The van der Waals surface area contributed by atoms with Crippen LogP contribution < -0.4 is 15.8 Å². The monoisotopic (exact) mass is 376 g/mol. The number of fused-ring (bicyclic) bond motifs is 1. The van der Waals surface area contributed by atoms with E-state index in [9.17, 15) is 14.0 Å². The fourth-order valence-corrected chi connectivity index (χ4v) is 4.00. The Morgan fingerprint density at radius 3 is 2.65 bits per heavy atom. The molecule has 6 nitrogen and oxygen atoms in total. The van der Waals surface area contributed by atoms with E-state index in [1.807, 2.05) is 4.90 Å². The first-order valence-corrected chi connectivity index (χ1v) is 9.05. The molecule has 0 aliphatic carbocycles. The second kappa shape index (κ2) is 6.72. The van der Waals surface area contributed by atoms with E-state index in [-0.39, 0.29) is 39.9 Å². The van der Waals surface area contributed by atoms with Crippen molar-refractivity contribution in [1.29, 1.82) is 0 Å². The Balaban J connectivity index is 1.83. The lowest BCUT2D eigenvalue weighted by atomic mass is 9.86. The lowest BCUT2D eigenvalue weighted by molar-refractivity contribution is -0.116. The highest BCUT2D eigenvalue weighted by molar-refractivity contribution is 6.31. The number of nitrogens with one attached hydrogen (secondary N) is 2. The minimum atomic E-state index is -0.765. The van der Waals surface area contributed by atoms with E-state index >= 15 is 0 Å². The normalized spacial score (nSPS) is 19.8. The largest absolute Gasteiger partial charge is 0.342 e. The molecule has 8 heteroatoms. The molecule has 136 valence electrons. The van der Waals surface area contributed by atoms with Crippen molar-refractivity contribution in [2.45, 2.75) is 31.6 Å². The standard InChI is InChI=1S/C18H18ClFN4O2/c19-11-5-4-6-12(20)14(11)10-9-13(25)21-16-15(10)17(26)23-18(22-16)24-7-2-1-3-8-24/h4-6,10H,1-3,7-9H2,(H2,21,22,23,25,26)/t10-/m1/s1. The molecule has 3 heterocycles. The Morgan fingerprint density at radius 1 is 1.15 bits per heavy atom. The number of halogens is 2. The van der Waals surface area contributed by atoms with E-state index < -0.39 is 11.7 Å². The Hall–Kier alpha value is -2.41. The van der Waals surface area contributed by atoms with Gasteiger partial charge in [-0.1, -0.05) is 17.7 Å². The molecule has 0 bridgehead atoms. The summed E-state index contributed by atoms with van der Waals surface area (Å²) in [4.78, 5) is 34.2. The minimum Gasteiger partial charge on any atom is -0.342 e. The highest BCUT2D eigenvalue weighted by atomic mass is 35.5. The molecule has 0 saturated carbocycles. The first kappa shape index (κ1) is 17.0. The molecule has 1 saturated heterocycles. The SMILES string of the molecule is O=C1C[C@H](c2c(F)cccc2Cl)c2c(nc(N3CCCCC3)[nH]c2=O)N1. The number of aromatic amines is 1. The van der Waals surface area contributed by atoms with Crippen molar-refractivity contribution < 1.29 is 9.18 Å². The fraction of sp³-hybridized carbons (Fsp3) is 0.389. The highest BCUT2D eigenvalue weighted by Gasteiger charge is 2.34. The number of piperidine rings is 1. The number of hydrogen-bond donors (Lipinski definition) is 2. The number of H-pyrrole nitrogens is 1. The van der Waals surface area contributed by atoms with Gasteiger partial charge in [0, 0.05) is 36.0 Å².